The summed E-state index contributed by atoms with van der Waals surface area (Å²) < 4.78 is 2.14. The minimum Gasteiger partial charge on any atom is -0.370 e. The van der Waals surface area contributed by atoms with E-state index < -0.39 is 0 Å². The van der Waals surface area contributed by atoms with Gasteiger partial charge in [-0.15, -0.1) is 0 Å². The maximum absolute atomic E-state index is 4.43. The Kier molecular flexibility index (Phi) is 3.85. The first-order valence-corrected chi connectivity index (χ1v) is 8.31. The number of hydrogen-bond acceptors (Lipinski definition) is 2. The Bertz CT molecular complexity index is 588. The van der Waals surface area contributed by atoms with Crippen molar-refractivity contribution in [1.82, 2.24) is 9.97 Å². The van der Waals surface area contributed by atoms with Crippen LogP contribution in [0.15, 0.2) is 21.3 Å². The van der Waals surface area contributed by atoms with Crippen molar-refractivity contribution < 1.29 is 0 Å². The number of aromatic nitrogens is 2. The maximum Gasteiger partial charge on any atom is 0.140 e. The number of H-pyrrole nitrogens is 1. The third kappa shape index (κ3) is 2.42. The molecule has 2 heterocycles. The molecule has 0 radical (unpaired) electrons. The molecule has 0 unspecified atom stereocenters. The van der Waals surface area contributed by atoms with Gasteiger partial charge in [-0.25, -0.2) is 4.98 Å². The molecule has 0 aromatic carbocycles. The smallest absolute Gasteiger partial charge is 0.140 e. The van der Waals surface area contributed by atoms with Crippen molar-refractivity contribution in [1.29, 1.82) is 0 Å². The lowest BCUT2D eigenvalue weighted by Crippen LogP contribution is -2.33. The second kappa shape index (κ2) is 5.44. The lowest BCUT2D eigenvalue weighted by molar-refractivity contribution is 0.428. The van der Waals surface area contributed by atoms with Crippen LogP contribution in [0.1, 0.15) is 32.1 Å². The van der Waals surface area contributed by atoms with Crippen molar-refractivity contribution in [2.75, 3.05) is 11.9 Å². The van der Waals surface area contributed by atoms with Crippen LogP contribution in [-0.4, -0.2) is 23.1 Å². The van der Waals surface area contributed by atoms with E-state index in [0.29, 0.717) is 6.04 Å². The summed E-state index contributed by atoms with van der Waals surface area (Å²) in [7, 11) is 2.20. The fourth-order valence-corrected chi connectivity index (χ4v) is 4.08. The van der Waals surface area contributed by atoms with E-state index in [2.05, 4.69) is 53.8 Å². The fourth-order valence-electron chi connectivity index (χ4n) is 3.01. The zero-order chi connectivity index (χ0) is 13.4. The Morgan fingerprint density at radius 2 is 1.95 bits per heavy atom. The number of fused-ring (bicyclic) bond motifs is 1. The van der Waals surface area contributed by atoms with Gasteiger partial charge in [-0.3, -0.25) is 0 Å². The number of aromatic amines is 1. The van der Waals surface area contributed by atoms with Gasteiger partial charge in [0.2, 0.25) is 0 Å². The zero-order valence-corrected chi connectivity index (χ0v) is 14.1. The molecule has 2 aromatic heterocycles. The predicted octanol–water partition coefficient (Wildman–Crippen LogP) is 4.86. The van der Waals surface area contributed by atoms with Crippen LogP contribution in [0.2, 0.25) is 0 Å². The summed E-state index contributed by atoms with van der Waals surface area (Å²) in [6, 6.07) is 0.637. The van der Waals surface area contributed by atoms with Crippen LogP contribution in [0.3, 0.4) is 0 Å². The number of anilines is 1. The Hall–Kier alpha value is -0.550. The van der Waals surface area contributed by atoms with Gasteiger partial charge < -0.3 is 9.88 Å². The van der Waals surface area contributed by atoms with E-state index >= 15 is 0 Å². The second-order valence-electron chi connectivity index (χ2n) is 5.22. The van der Waals surface area contributed by atoms with E-state index in [1.54, 1.807) is 0 Å². The average molecular weight is 387 g/mol. The van der Waals surface area contributed by atoms with Crippen molar-refractivity contribution in [3.63, 3.8) is 0 Å². The Balaban J connectivity index is 2.07. The number of rotatable bonds is 2. The number of nitrogens with zero attached hydrogens (tertiary/aromatic N) is 2. The van der Waals surface area contributed by atoms with Crippen LogP contribution in [0.4, 0.5) is 5.69 Å². The Morgan fingerprint density at radius 1 is 1.21 bits per heavy atom. The van der Waals surface area contributed by atoms with Crippen molar-refractivity contribution in [2.24, 2.45) is 0 Å². The molecule has 1 aliphatic rings. The van der Waals surface area contributed by atoms with Gasteiger partial charge in [0.15, 0.2) is 0 Å². The highest BCUT2D eigenvalue weighted by Crippen LogP contribution is 2.39. The molecule has 0 spiro atoms. The van der Waals surface area contributed by atoms with Crippen LogP contribution in [0.25, 0.3) is 11.0 Å². The van der Waals surface area contributed by atoms with E-state index in [1.807, 2.05) is 12.4 Å². The SMILES string of the molecule is CN(c1c(Br)cnc2[nH]cc(Br)c12)C1CCCCC1. The highest BCUT2D eigenvalue weighted by atomic mass is 79.9. The number of halogens is 2. The van der Waals surface area contributed by atoms with Crippen LogP contribution in [0.5, 0.6) is 0 Å². The molecule has 19 heavy (non-hydrogen) atoms. The molecule has 2 aromatic rings. The molecule has 1 aliphatic carbocycles. The summed E-state index contributed by atoms with van der Waals surface area (Å²) in [6.07, 6.45) is 10.5. The van der Waals surface area contributed by atoms with Crippen molar-refractivity contribution in [3.8, 4) is 0 Å². The van der Waals surface area contributed by atoms with E-state index in [1.165, 1.54) is 43.2 Å². The monoisotopic (exact) mass is 385 g/mol. The largest absolute Gasteiger partial charge is 0.370 e. The fraction of sp³-hybridized carbons (Fsp3) is 0.500. The van der Waals surface area contributed by atoms with Crippen LogP contribution in [-0.2, 0) is 0 Å². The van der Waals surface area contributed by atoms with Crippen LogP contribution >= 0.6 is 31.9 Å². The minimum absolute atomic E-state index is 0.637. The molecule has 102 valence electrons. The molecular formula is C14H17Br2N3. The lowest BCUT2D eigenvalue weighted by atomic mass is 9.94. The molecule has 1 saturated carbocycles. The van der Waals surface area contributed by atoms with Gasteiger partial charge in [-0.05, 0) is 44.7 Å². The first-order valence-electron chi connectivity index (χ1n) is 6.72. The topological polar surface area (TPSA) is 31.9 Å². The highest BCUT2D eigenvalue weighted by molar-refractivity contribution is 9.11. The summed E-state index contributed by atoms with van der Waals surface area (Å²) in [5.74, 6) is 0. The second-order valence-corrected chi connectivity index (χ2v) is 6.93. The molecule has 1 N–H and O–H groups in total. The lowest BCUT2D eigenvalue weighted by Gasteiger charge is -2.34. The predicted molar refractivity (Wildman–Crippen MR) is 86.8 cm³/mol. The van der Waals surface area contributed by atoms with Gasteiger partial charge in [-0.1, -0.05) is 19.3 Å². The summed E-state index contributed by atoms with van der Waals surface area (Å²) >= 11 is 7.29. The molecule has 3 rings (SSSR count). The van der Waals surface area contributed by atoms with Gasteiger partial charge in [0.25, 0.3) is 0 Å². The quantitative estimate of drug-likeness (QED) is 0.799. The summed E-state index contributed by atoms with van der Waals surface area (Å²) in [5, 5.41) is 1.17. The molecule has 0 bridgehead atoms. The molecule has 0 saturated heterocycles. The van der Waals surface area contributed by atoms with Crippen molar-refractivity contribution in [3.05, 3.63) is 21.3 Å². The van der Waals surface area contributed by atoms with Crippen LogP contribution < -0.4 is 4.90 Å². The molecular weight excluding hydrogens is 370 g/mol. The van der Waals surface area contributed by atoms with E-state index in [9.17, 15) is 0 Å². The molecule has 1 fully saturated rings. The van der Waals surface area contributed by atoms with Gasteiger partial charge in [0.1, 0.15) is 5.65 Å². The van der Waals surface area contributed by atoms with E-state index in [-0.39, 0.29) is 0 Å². The molecule has 0 aliphatic heterocycles. The number of hydrogen-bond donors (Lipinski definition) is 1. The summed E-state index contributed by atoms with van der Waals surface area (Å²) in [4.78, 5) is 10.1. The van der Waals surface area contributed by atoms with E-state index in [0.717, 1.165) is 14.6 Å². The number of nitrogens with one attached hydrogen (secondary N) is 1. The van der Waals surface area contributed by atoms with Crippen molar-refractivity contribution >= 4 is 48.6 Å². The Labute approximate surface area is 130 Å². The molecule has 0 amide bonds. The summed E-state index contributed by atoms with van der Waals surface area (Å²) in [5.41, 5.74) is 2.18. The number of pyridine rings is 1. The third-order valence-corrected chi connectivity index (χ3v) is 5.26. The Morgan fingerprint density at radius 3 is 2.68 bits per heavy atom. The summed E-state index contributed by atoms with van der Waals surface area (Å²) in [6.45, 7) is 0. The van der Waals surface area contributed by atoms with Crippen LogP contribution in [0, 0.1) is 0 Å². The molecule has 0 atom stereocenters. The van der Waals surface area contributed by atoms with Gasteiger partial charge >= 0.3 is 0 Å². The molecule has 5 heteroatoms. The minimum atomic E-state index is 0.637. The normalized spacial score (nSPS) is 17.0. The first kappa shape index (κ1) is 13.4. The van der Waals surface area contributed by atoms with Gasteiger partial charge in [-0.2, -0.15) is 0 Å². The van der Waals surface area contributed by atoms with Crippen molar-refractivity contribution in [2.45, 2.75) is 38.1 Å². The molecule has 3 nitrogen and oxygen atoms in total. The standard InChI is InChI=1S/C14H17Br2N3/c1-19(9-5-3-2-4-6-9)13-11(16)8-18-14-12(13)10(15)7-17-14/h7-9H,2-6H2,1H3,(H,17,18). The van der Waals surface area contributed by atoms with E-state index in [4.69, 9.17) is 0 Å². The zero-order valence-electron chi connectivity index (χ0n) is 10.9. The highest BCUT2D eigenvalue weighted by Gasteiger charge is 2.23. The average Bonchev–Trinajstić information content (AvgIpc) is 2.81. The maximum atomic E-state index is 4.43. The first-order chi connectivity index (χ1) is 9.18. The van der Waals surface area contributed by atoms with Gasteiger partial charge in [0, 0.05) is 30.0 Å². The van der Waals surface area contributed by atoms with Gasteiger partial charge in [0.05, 0.1) is 15.5 Å². The third-order valence-electron chi connectivity index (χ3n) is 4.06.